The van der Waals surface area contributed by atoms with E-state index in [0.717, 1.165) is 35.0 Å². The van der Waals surface area contributed by atoms with Gasteiger partial charge in [-0.1, -0.05) is 51.3 Å². The van der Waals surface area contributed by atoms with Crippen molar-refractivity contribution in [2.75, 3.05) is 18.4 Å². The molecule has 1 rings (SSSR count). The van der Waals surface area contributed by atoms with E-state index in [0.29, 0.717) is 0 Å². The van der Waals surface area contributed by atoms with E-state index in [9.17, 15) is 4.39 Å². The molecule has 0 aliphatic rings. The quantitative estimate of drug-likeness (QED) is 0.638. The zero-order valence-electron chi connectivity index (χ0n) is 10.1. The highest BCUT2D eigenvalue weighted by Crippen LogP contribution is 2.20. The summed E-state index contributed by atoms with van der Waals surface area (Å²) in [5.41, 5.74) is 1.14. The van der Waals surface area contributed by atoms with Crippen LogP contribution in [0, 0.1) is 5.82 Å². The topological polar surface area (TPSA) is 3.24 Å². The first-order chi connectivity index (χ1) is 8.17. The Bertz CT molecular complexity index is 344. The first-order valence-corrected chi connectivity index (χ1v) is 7.81. The summed E-state index contributed by atoms with van der Waals surface area (Å²) in [6.45, 7) is 5.17. The molecule has 0 amide bonds. The lowest BCUT2D eigenvalue weighted by atomic mass is 10.2. The molecular weight excluding hydrogens is 349 g/mol. The summed E-state index contributed by atoms with van der Waals surface area (Å²) in [5, 5.41) is 0.968. The van der Waals surface area contributed by atoms with Crippen molar-refractivity contribution < 1.29 is 4.39 Å². The molecule has 0 radical (unpaired) electrons. The smallest absolute Gasteiger partial charge is 0.124 e. The summed E-state index contributed by atoms with van der Waals surface area (Å²) in [7, 11) is 0. The highest BCUT2D eigenvalue weighted by Gasteiger charge is 2.08. The number of rotatable bonds is 7. The lowest BCUT2D eigenvalue weighted by Gasteiger charge is -2.21. The van der Waals surface area contributed by atoms with Crippen molar-refractivity contribution in [1.82, 2.24) is 4.90 Å². The Morgan fingerprint density at radius 1 is 1.29 bits per heavy atom. The Hall–Kier alpha value is 0.0700. The van der Waals surface area contributed by atoms with Gasteiger partial charge in [0.2, 0.25) is 0 Å². The molecule has 0 N–H and O–H groups in total. The molecule has 96 valence electrons. The standard InChI is InChI=1S/C13H18Br2FN/c1-2-3-7-17(8-6-14)10-11-4-5-12(16)9-13(11)15/h4-5,9H,2-3,6-8,10H2,1H3. The molecule has 0 fully saturated rings. The van der Waals surface area contributed by atoms with Crippen molar-refractivity contribution >= 4 is 31.9 Å². The van der Waals surface area contributed by atoms with Gasteiger partial charge < -0.3 is 0 Å². The molecule has 0 saturated heterocycles. The van der Waals surface area contributed by atoms with Crippen molar-refractivity contribution in [3.8, 4) is 0 Å². The van der Waals surface area contributed by atoms with Crippen molar-refractivity contribution in [2.45, 2.75) is 26.3 Å². The van der Waals surface area contributed by atoms with Crippen LogP contribution in [0.25, 0.3) is 0 Å². The summed E-state index contributed by atoms with van der Waals surface area (Å²) in [6, 6.07) is 4.90. The number of alkyl halides is 1. The van der Waals surface area contributed by atoms with Crippen LogP contribution in [-0.4, -0.2) is 23.3 Å². The van der Waals surface area contributed by atoms with Crippen LogP contribution in [0.5, 0.6) is 0 Å². The third kappa shape index (κ3) is 5.49. The molecule has 0 aliphatic carbocycles. The molecule has 17 heavy (non-hydrogen) atoms. The molecule has 1 aromatic rings. The highest BCUT2D eigenvalue weighted by molar-refractivity contribution is 9.10. The van der Waals surface area contributed by atoms with E-state index < -0.39 is 0 Å². The van der Waals surface area contributed by atoms with Crippen molar-refractivity contribution in [2.24, 2.45) is 0 Å². The predicted molar refractivity (Wildman–Crippen MR) is 78.1 cm³/mol. The second-order valence-electron chi connectivity index (χ2n) is 4.05. The lowest BCUT2D eigenvalue weighted by Crippen LogP contribution is -2.26. The average Bonchev–Trinajstić information content (AvgIpc) is 2.29. The van der Waals surface area contributed by atoms with Crippen LogP contribution in [0.1, 0.15) is 25.3 Å². The van der Waals surface area contributed by atoms with Gasteiger partial charge in [0.1, 0.15) is 5.82 Å². The first kappa shape index (κ1) is 15.1. The van der Waals surface area contributed by atoms with Crippen LogP contribution in [-0.2, 0) is 6.54 Å². The number of hydrogen-bond acceptors (Lipinski definition) is 1. The van der Waals surface area contributed by atoms with Crippen LogP contribution >= 0.6 is 31.9 Å². The minimum Gasteiger partial charge on any atom is -0.298 e. The molecule has 0 aliphatic heterocycles. The number of benzene rings is 1. The van der Waals surface area contributed by atoms with E-state index >= 15 is 0 Å². The normalized spacial score (nSPS) is 11.1. The average molecular weight is 367 g/mol. The second kappa shape index (κ2) is 8.22. The second-order valence-corrected chi connectivity index (χ2v) is 5.70. The zero-order valence-corrected chi connectivity index (χ0v) is 13.2. The molecule has 1 aromatic carbocycles. The monoisotopic (exact) mass is 365 g/mol. The number of hydrogen-bond donors (Lipinski definition) is 0. The summed E-state index contributed by atoms with van der Waals surface area (Å²) in [6.07, 6.45) is 2.40. The summed E-state index contributed by atoms with van der Waals surface area (Å²) in [5.74, 6) is -0.193. The largest absolute Gasteiger partial charge is 0.298 e. The van der Waals surface area contributed by atoms with Crippen LogP contribution in [0.3, 0.4) is 0 Å². The van der Waals surface area contributed by atoms with Gasteiger partial charge in [-0.2, -0.15) is 0 Å². The summed E-state index contributed by atoms with van der Waals surface area (Å²) >= 11 is 6.89. The molecule has 4 heteroatoms. The Balaban J connectivity index is 2.64. The minimum absolute atomic E-state index is 0.193. The van der Waals surface area contributed by atoms with E-state index in [1.807, 2.05) is 6.07 Å². The Labute approximate surface area is 120 Å². The molecule has 1 nitrogen and oxygen atoms in total. The maximum absolute atomic E-state index is 13.0. The predicted octanol–water partition coefficient (Wildman–Crippen LogP) is 4.59. The zero-order chi connectivity index (χ0) is 12.7. The van der Waals surface area contributed by atoms with Gasteiger partial charge in [-0.05, 0) is 30.7 Å². The van der Waals surface area contributed by atoms with E-state index in [2.05, 4.69) is 43.7 Å². The molecular formula is C13H18Br2FN. The molecule has 0 spiro atoms. The number of nitrogens with zero attached hydrogens (tertiary/aromatic N) is 1. The van der Waals surface area contributed by atoms with Gasteiger partial charge in [0.15, 0.2) is 0 Å². The minimum atomic E-state index is -0.193. The Morgan fingerprint density at radius 2 is 2.06 bits per heavy atom. The Morgan fingerprint density at radius 3 is 2.65 bits per heavy atom. The fourth-order valence-corrected chi connectivity index (χ4v) is 2.64. The first-order valence-electron chi connectivity index (χ1n) is 5.89. The fourth-order valence-electron chi connectivity index (χ4n) is 1.66. The van der Waals surface area contributed by atoms with Gasteiger partial charge in [0.25, 0.3) is 0 Å². The van der Waals surface area contributed by atoms with Crippen LogP contribution in [0.4, 0.5) is 4.39 Å². The van der Waals surface area contributed by atoms with Crippen molar-refractivity contribution in [3.63, 3.8) is 0 Å². The van der Waals surface area contributed by atoms with Gasteiger partial charge in [-0.15, -0.1) is 0 Å². The molecule has 0 bridgehead atoms. The van der Waals surface area contributed by atoms with Gasteiger partial charge in [-0.3, -0.25) is 4.90 Å². The molecule has 0 atom stereocenters. The number of unbranched alkanes of at least 4 members (excludes halogenated alkanes) is 1. The van der Waals surface area contributed by atoms with Gasteiger partial charge in [0, 0.05) is 22.9 Å². The van der Waals surface area contributed by atoms with Gasteiger partial charge in [0.05, 0.1) is 0 Å². The van der Waals surface area contributed by atoms with E-state index in [4.69, 9.17) is 0 Å². The molecule has 0 unspecified atom stereocenters. The lowest BCUT2D eigenvalue weighted by molar-refractivity contribution is 0.278. The SMILES string of the molecule is CCCCN(CCBr)Cc1ccc(F)cc1Br. The van der Waals surface area contributed by atoms with Crippen LogP contribution in [0.2, 0.25) is 0 Å². The summed E-state index contributed by atoms with van der Waals surface area (Å²) in [4.78, 5) is 2.39. The number of halogens is 3. The van der Waals surface area contributed by atoms with Crippen molar-refractivity contribution in [1.29, 1.82) is 0 Å². The van der Waals surface area contributed by atoms with Crippen molar-refractivity contribution in [3.05, 3.63) is 34.1 Å². The third-order valence-electron chi connectivity index (χ3n) is 2.64. The maximum atomic E-state index is 13.0. The summed E-state index contributed by atoms with van der Waals surface area (Å²) < 4.78 is 13.8. The fraction of sp³-hybridized carbons (Fsp3) is 0.538. The third-order valence-corrected chi connectivity index (χ3v) is 3.73. The van der Waals surface area contributed by atoms with E-state index in [-0.39, 0.29) is 5.82 Å². The van der Waals surface area contributed by atoms with E-state index in [1.54, 1.807) is 0 Å². The van der Waals surface area contributed by atoms with Crippen LogP contribution in [0.15, 0.2) is 22.7 Å². The molecule has 0 aromatic heterocycles. The molecule has 0 heterocycles. The van der Waals surface area contributed by atoms with Gasteiger partial charge in [-0.25, -0.2) is 4.39 Å². The molecule has 0 saturated carbocycles. The highest BCUT2D eigenvalue weighted by atomic mass is 79.9. The van der Waals surface area contributed by atoms with Crippen LogP contribution < -0.4 is 0 Å². The van der Waals surface area contributed by atoms with E-state index in [1.165, 1.54) is 25.0 Å². The Kier molecular flexibility index (Phi) is 7.32. The maximum Gasteiger partial charge on any atom is 0.124 e. The van der Waals surface area contributed by atoms with Gasteiger partial charge >= 0.3 is 0 Å².